The van der Waals surface area contributed by atoms with Crippen LogP contribution < -0.4 is 5.32 Å². The van der Waals surface area contributed by atoms with Gasteiger partial charge in [0.2, 0.25) is 0 Å². The molecule has 2 atom stereocenters. The normalized spacial score (nSPS) is 14.0. The van der Waals surface area contributed by atoms with Crippen LogP contribution in [0.3, 0.4) is 0 Å². The van der Waals surface area contributed by atoms with Crippen molar-refractivity contribution < 1.29 is 0 Å². The average molecular weight is 267 g/mol. The molecule has 0 saturated heterocycles. The predicted octanol–water partition coefficient (Wildman–Crippen LogP) is 5.15. The zero-order chi connectivity index (χ0) is 14.5. The van der Waals surface area contributed by atoms with Crippen LogP contribution in [0.1, 0.15) is 50.3 Å². The summed E-state index contributed by atoms with van der Waals surface area (Å²) in [6, 6.07) is 18.2. The molecule has 106 valence electrons. The van der Waals surface area contributed by atoms with Gasteiger partial charge in [-0.15, -0.1) is 0 Å². The molecule has 2 rings (SSSR count). The van der Waals surface area contributed by atoms with Gasteiger partial charge in [0.15, 0.2) is 0 Å². The van der Waals surface area contributed by atoms with E-state index in [0.29, 0.717) is 12.0 Å². The first kappa shape index (κ1) is 14.8. The number of hydrogen-bond acceptors (Lipinski definition) is 1. The number of hydrogen-bond donors (Lipinski definition) is 1. The van der Waals surface area contributed by atoms with Crippen molar-refractivity contribution in [2.75, 3.05) is 7.05 Å². The zero-order valence-corrected chi connectivity index (χ0v) is 13.0. The third kappa shape index (κ3) is 3.29. The van der Waals surface area contributed by atoms with E-state index in [0.717, 1.165) is 0 Å². The lowest BCUT2D eigenvalue weighted by Gasteiger charge is -2.12. The van der Waals surface area contributed by atoms with Gasteiger partial charge in [-0.2, -0.15) is 0 Å². The Balaban J connectivity index is 2.19. The van der Waals surface area contributed by atoms with Gasteiger partial charge in [0.25, 0.3) is 0 Å². The predicted molar refractivity (Wildman–Crippen MR) is 88.1 cm³/mol. The molecule has 0 fully saturated rings. The summed E-state index contributed by atoms with van der Waals surface area (Å²) in [6.07, 6.45) is 1.19. The van der Waals surface area contributed by atoms with Gasteiger partial charge in [-0.3, -0.25) is 0 Å². The van der Waals surface area contributed by atoms with Crippen molar-refractivity contribution in [2.45, 2.75) is 39.2 Å². The highest BCUT2D eigenvalue weighted by Crippen LogP contribution is 2.25. The first-order valence-electron chi connectivity index (χ1n) is 7.53. The highest BCUT2D eigenvalue weighted by Gasteiger charge is 2.05. The number of rotatable bonds is 5. The minimum atomic E-state index is 0.400. The molecule has 0 aromatic heterocycles. The van der Waals surface area contributed by atoms with Crippen molar-refractivity contribution in [1.29, 1.82) is 0 Å². The molecule has 0 amide bonds. The van der Waals surface area contributed by atoms with Crippen LogP contribution in [0.4, 0.5) is 0 Å². The summed E-state index contributed by atoms with van der Waals surface area (Å²) >= 11 is 0. The van der Waals surface area contributed by atoms with Crippen molar-refractivity contribution >= 4 is 0 Å². The molecular weight excluding hydrogens is 242 g/mol. The Morgan fingerprint density at radius 2 is 1.25 bits per heavy atom. The summed E-state index contributed by atoms with van der Waals surface area (Å²) in [5.41, 5.74) is 5.33. The maximum absolute atomic E-state index is 3.27. The van der Waals surface area contributed by atoms with Crippen LogP contribution in [-0.2, 0) is 0 Å². The molecule has 2 unspecified atom stereocenters. The largest absolute Gasteiger partial charge is 0.313 e. The summed E-state index contributed by atoms with van der Waals surface area (Å²) in [5.74, 6) is 0.642. The summed E-state index contributed by atoms with van der Waals surface area (Å²) in [5, 5.41) is 3.27. The molecule has 0 heterocycles. The Morgan fingerprint density at radius 3 is 1.65 bits per heavy atom. The third-order valence-corrected chi connectivity index (χ3v) is 4.27. The molecule has 1 nitrogen and oxygen atoms in total. The van der Waals surface area contributed by atoms with Crippen LogP contribution in [-0.4, -0.2) is 7.05 Å². The van der Waals surface area contributed by atoms with Gasteiger partial charge in [-0.1, -0.05) is 62.4 Å². The van der Waals surface area contributed by atoms with E-state index in [4.69, 9.17) is 0 Å². The van der Waals surface area contributed by atoms with E-state index in [1.807, 2.05) is 7.05 Å². The van der Waals surface area contributed by atoms with Crippen molar-refractivity contribution in [1.82, 2.24) is 5.32 Å². The van der Waals surface area contributed by atoms with E-state index in [9.17, 15) is 0 Å². The number of nitrogens with one attached hydrogen (secondary N) is 1. The molecule has 0 aliphatic heterocycles. The fourth-order valence-electron chi connectivity index (χ4n) is 2.37. The van der Waals surface area contributed by atoms with Crippen LogP contribution in [0.5, 0.6) is 0 Å². The third-order valence-electron chi connectivity index (χ3n) is 4.27. The molecule has 1 N–H and O–H groups in total. The summed E-state index contributed by atoms with van der Waals surface area (Å²) < 4.78 is 0. The standard InChI is InChI=1S/C19H25N/c1-5-14(2)16-6-10-18(11-7-16)19-12-8-17(9-13-19)15(3)20-4/h6-15,20H,5H2,1-4H3. The van der Waals surface area contributed by atoms with Crippen LogP contribution >= 0.6 is 0 Å². The van der Waals surface area contributed by atoms with E-state index in [-0.39, 0.29) is 0 Å². The summed E-state index contributed by atoms with van der Waals surface area (Å²) in [6.45, 7) is 6.69. The van der Waals surface area contributed by atoms with Crippen molar-refractivity contribution in [3.05, 3.63) is 59.7 Å². The Morgan fingerprint density at radius 1 is 0.800 bits per heavy atom. The maximum atomic E-state index is 3.27. The van der Waals surface area contributed by atoms with E-state index >= 15 is 0 Å². The molecule has 20 heavy (non-hydrogen) atoms. The topological polar surface area (TPSA) is 12.0 Å². The molecule has 0 aliphatic carbocycles. The van der Waals surface area contributed by atoms with Gasteiger partial charge < -0.3 is 5.32 Å². The van der Waals surface area contributed by atoms with Crippen molar-refractivity contribution in [2.24, 2.45) is 0 Å². The SMILES string of the molecule is CCC(C)c1ccc(-c2ccc(C(C)NC)cc2)cc1. The second kappa shape index (κ2) is 6.71. The van der Waals surface area contributed by atoms with E-state index in [1.54, 1.807) is 0 Å². The fraction of sp³-hybridized carbons (Fsp3) is 0.368. The van der Waals surface area contributed by atoms with Crippen LogP contribution in [0.25, 0.3) is 11.1 Å². The monoisotopic (exact) mass is 267 g/mol. The van der Waals surface area contributed by atoms with Gasteiger partial charge in [0.05, 0.1) is 0 Å². The molecule has 0 radical (unpaired) electrons. The summed E-state index contributed by atoms with van der Waals surface area (Å²) in [4.78, 5) is 0. The second-order valence-electron chi connectivity index (χ2n) is 5.56. The Hall–Kier alpha value is -1.60. The van der Waals surface area contributed by atoms with Crippen LogP contribution in [0.15, 0.2) is 48.5 Å². The van der Waals surface area contributed by atoms with E-state index in [1.165, 1.54) is 28.7 Å². The lowest BCUT2D eigenvalue weighted by molar-refractivity contribution is 0.652. The van der Waals surface area contributed by atoms with Gasteiger partial charge in [0.1, 0.15) is 0 Å². The molecule has 0 aliphatic rings. The quantitative estimate of drug-likeness (QED) is 0.790. The van der Waals surface area contributed by atoms with Crippen LogP contribution in [0.2, 0.25) is 0 Å². The minimum Gasteiger partial charge on any atom is -0.313 e. The van der Waals surface area contributed by atoms with Crippen molar-refractivity contribution in [3.63, 3.8) is 0 Å². The molecule has 0 bridgehead atoms. The Labute approximate surface area is 123 Å². The van der Waals surface area contributed by atoms with E-state index in [2.05, 4.69) is 74.6 Å². The van der Waals surface area contributed by atoms with E-state index < -0.39 is 0 Å². The second-order valence-corrected chi connectivity index (χ2v) is 5.56. The first-order chi connectivity index (χ1) is 9.65. The van der Waals surface area contributed by atoms with Gasteiger partial charge in [0, 0.05) is 6.04 Å². The fourth-order valence-corrected chi connectivity index (χ4v) is 2.37. The molecule has 2 aromatic rings. The number of benzene rings is 2. The summed E-state index contributed by atoms with van der Waals surface area (Å²) in [7, 11) is 1.99. The highest BCUT2D eigenvalue weighted by atomic mass is 14.8. The highest BCUT2D eigenvalue weighted by molar-refractivity contribution is 5.64. The molecule has 0 saturated carbocycles. The minimum absolute atomic E-state index is 0.400. The zero-order valence-electron chi connectivity index (χ0n) is 13.0. The van der Waals surface area contributed by atoms with Gasteiger partial charge >= 0.3 is 0 Å². The molecule has 0 spiro atoms. The first-order valence-corrected chi connectivity index (χ1v) is 7.53. The lowest BCUT2D eigenvalue weighted by Crippen LogP contribution is -2.11. The molecule has 1 heteroatoms. The molecular formula is C19H25N. The van der Waals surface area contributed by atoms with Crippen LogP contribution in [0, 0.1) is 0 Å². The van der Waals surface area contributed by atoms with Gasteiger partial charge in [-0.25, -0.2) is 0 Å². The van der Waals surface area contributed by atoms with Crippen molar-refractivity contribution in [3.8, 4) is 11.1 Å². The Bertz CT molecular complexity index is 473. The maximum Gasteiger partial charge on any atom is 0.0289 e. The van der Waals surface area contributed by atoms with Gasteiger partial charge in [-0.05, 0) is 48.6 Å². The molecule has 2 aromatic carbocycles. The average Bonchev–Trinajstić information content (AvgIpc) is 2.53. The smallest absolute Gasteiger partial charge is 0.0289 e. The lowest BCUT2D eigenvalue weighted by atomic mass is 9.95. The Kier molecular flexibility index (Phi) is 4.97.